The first-order valence-corrected chi connectivity index (χ1v) is 10.4. The summed E-state index contributed by atoms with van der Waals surface area (Å²) in [4.78, 5) is 14.7. The molecule has 1 heterocycles. The molecule has 0 fully saturated rings. The molecule has 3 aromatic rings. The molecule has 0 bridgehead atoms. The van der Waals surface area contributed by atoms with Crippen LogP contribution in [0, 0.1) is 0 Å². The third-order valence-electron chi connectivity index (χ3n) is 4.90. The van der Waals surface area contributed by atoms with Gasteiger partial charge in [-0.05, 0) is 89.2 Å². The van der Waals surface area contributed by atoms with E-state index in [-0.39, 0.29) is 11.4 Å². The van der Waals surface area contributed by atoms with Crippen molar-refractivity contribution in [2.45, 2.75) is 45.7 Å². The topological polar surface area (TPSA) is 50.2 Å². The van der Waals surface area contributed by atoms with Gasteiger partial charge in [0.1, 0.15) is 0 Å². The summed E-state index contributed by atoms with van der Waals surface area (Å²) in [7, 11) is 4.06. The highest BCUT2D eigenvalue weighted by Gasteiger charge is 2.14. The Morgan fingerprint density at radius 3 is 2.37 bits per heavy atom. The molecule has 158 valence electrons. The maximum atomic E-state index is 12.6. The molecule has 2 aromatic carbocycles. The summed E-state index contributed by atoms with van der Waals surface area (Å²) in [5, 5.41) is 7.69. The number of nitrogens with one attached hydrogen (secondary N) is 1. The van der Waals surface area contributed by atoms with E-state index in [0.717, 1.165) is 30.8 Å². The predicted octanol–water partition coefficient (Wildman–Crippen LogP) is 4.74. The molecule has 5 heteroatoms. The fraction of sp³-hybridized carbons (Fsp3) is 0.360. The fourth-order valence-corrected chi connectivity index (χ4v) is 3.28. The third kappa shape index (κ3) is 6.04. The number of benzene rings is 2. The van der Waals surface area contributed by atoms with E-state index in [9.17, 15) is 4.79 Å². The van der Waals surface area contributed by atoms with E-state index in [0.29, 0.717) is 5.56 Å². The maximum absolute atomic E-state index is 12.6. The highest BCUT2D eigenvalue weighted by molar-refractivity contribution is 6.04. The Hall–Kier alpha value is -2.92. The Morgan fingerprint density at radius 1 is 1.00 bits per heavy atom. The highest BCUT2D eigenvalue weighted by Crippen LogP contribution is 2.17. The van der Waals surface area contributed by atoms with E-state index in [2.05, 4.69) is 48.2 Å². The Morgan fingerprint density at radius 2 is 1.73 bits per heavy atom. The second-order valence-electron chi connectivity index (χ2n) is 9.01. The van der Waals surface area contributed by atoms with Crippen molar-refractivity contribution in [2.24, 2.45) is 0 Å². The van der Waals surface area contributed by atoms with Crippen LogP contribution in [0.4, 0.5) is 5.69 Å². The van der Waals surface area contributed by atoms with Crippen molar-refractivity contribution in [3.63, 3.8) is 0 Å². The van der Waals surface area contributed by atoms with Crippen molar-refractivity contribution in [1.29, 1.82) is 0 Å². The first kappa shape index (κ1) is 21.8. The number of rotatable bonds is 7. The highest BCUT2D eigenvalue weighted by atomic mass is 16.1. The van der Waals surface area contributed by atoms with Crippen LogP contribution in [0.15, 0.2) is 60.8 Å². The molecule has 0 spiro atoms. The molecule has 0 saturated heterocycles. The van der Waals surface area contributed by atoms with E-state index in [4.69, 9.17) is 0 Å². The predicted molar refractivity (Wildman–Crippen MR) is 123 cm³/mol. The van der Waals surface area contributed by atoms with Gasteiger partial charge in [0.25, 0.3) is 5.91 Å². The minimum atomic E-state index is -0.0903. The number of carbonyl (C=O) groups is 1. The van der Waals surface area contributed by atoms with Gasteiger partial charge in [0.2, 0.25) is 0 Å². The van der Waals surface area contributed by atoms with Crippen molar-refractivity contribution >= 4 is 11.6 Å². The lowest BCUT2D eigenvalue weighted by Crippen LogP contribution is -2.22. The van der Waals surface area contributed by atoms with Crippen molar-refractivity contribution < 1.29 is 4.79 Å². The Balaban J connectivity index is 1.59. The Bertz CT molecular complexity index is 981. The van der Waals surface area contributed by atoms with E-state index in [1.807, 2.05) is 67.4 Å². The van der Waals surface area contributed by atoms with Gasteiger partial charge in [-0.1, -0.05) is 24.3 Å². The van der Waals surface area contributed by atoms with Crippen LogP contribution in [0.3, 0.4) is 0 Å². The first-order chi connectivity index (χ1) is 14.2. The van der Waals surface area contributed by atoms with Crippen LogP contribution in [-0.2, 0) is 24.9 Å². The SMILES string of the molecule is CN(C)Cc1ccc(C(=O)Nc2cccc(CCc3ccn(C(C)(C)C)n3)c2)cc1. The summed E-state index contributed by atoms with van der Waals surface area (Å²) >= 11 is 0. The van der Waals surface area contributed by atoms with E-state index in [1.54, 1.807) is 0 Å². The first-order valence-electron chi connectivity index (χ1n) is 10.4. The number of hydrogen-bond acceptors (Lipinski definition) is 3. The van der Waals surface area contributed by atoms with Crippen LogP contribution < -0.4 is 5.32 Å². The summed E-state index contributed by atoms with van der Waals surface area (Å²) < 4.78 is 2.00. The van der Waals surface area contributed by atoms with Crippen LogP contribution in [0.25, 0.3) is 0 Å². The summed E-state index contributed by atoms with van der Waals surface area (Å²) in [6.45, 7) is 7.29. The van der Waals surface area contributed by atoms with Crippen LogP contribution >= 0.6 is 0 Å². The van der Waals surface area contributed by atoms with Crippen molar-refractivity contribution in [2.75, 3.05) is 19.4 Å². The minimum Gasteiger partial charge on any atom is -0.322 e. The van der Waals surface area contributed by atoms with Gasteiger partial charge in [0.05, 0.1) is 11.2 Å². The number of aryl methyl sites for hydroxylation is 2. The summed E-state index contributed by atoms with van der Waals surface area (Å²) in [6.07, 6.45) is 3.79. The molecule has 0 aliphatic carbocycles. The van der Waals surface area contributed by atoms with Gasteiger partial charge in [-0.25, -0.2) is 0 Å². The second-order valence-corrected chi connectivity index (χ2v) is 9.01. The fourth-order valence-electron chi connectivity index (χ4n) is 3.28. The lowest BCUT2D eigenvalue weighted by Gasteiger charge is -2.18. The smallest absolute Gasteiger partial charge is 0.255 e. The second kappa shape index (κ2) is 9.26. The molecule has 0 atom stereocenters. The molecular formula is C25H32N4O. The number of aromatic nitrogens is 2. The monoisotopic (exact) mass is 404 g/mol. The van der Waals surface area contributed by atoms with Gasteiger partial charge in [-0.15, -0.1) is 0 Å². The molecule has 1 aromatic heterocycles. The Kier molecular flexibility index (Phi) is 6.73. The summed E-state index contributed by atoms with van der Waals surface area (Å²) in [6, 6.07) is 17.9. The van der Waals surface area contributed by atoms with E-state index >= 15 is 0 Å². The molecule has 0 aliphatic heterocycles. The third-order valence-corrected chi connectivity index (χ3v) is 4.90. The Labute approximate surface area is 179 Å². The molecule has 0 unspecified atom stereocenters. The van der Waals surface area contributed by atoms with Crippen molar-refractivity contribution in [1.82, 2.24) is 14.7 Å². The number of carbonyl (C=O) groups excluding carboxylic acids is 1. The zero-order chi connectivity index (χ0) is 21.7. The van der Waals surface area contributed by atoms with Gasteiger partial charge in [-0.3, -0.25) is 9.48 Å². The molecular weight excluding hydrogens is 372 g/mol. The van der Waals surface area contributed by atoms with Crippen LogP contribution in [0.1, 0.15) is 48.0 Å². The number of nitrogens with zero attached hydrogens (tertiary/aromatic N) is 3. The zero-order valence-electron chi connectivity index (χ0n) is 18.6. The largest absolute Gasteiger partial charge is 0.322 e. The average molecular weight is 405 g/mol. The number of hydrogen-bond donors (Lipinski definition) is 1. The minimum absolute atomic E-state index is 0.00683. The van der Waals surface area contributed by atoms with Gasteiger partial charge in [0, 0.05) is 24.0 Å². The lowest BCUT2D eigenvalue weighted by atomic mass is 10.1. The van der Waals surface area contributed by atoms with Crippen LogP contribution in [0.2, 0.25) is 0 Å². The molecule has 1 N–H and O–H groups in total. The summed E-state index contributed by atoms with van der Waals surface area (Å²) in [5.41, 5.74) is 4.92. The molecule has 1 amide bonds. The van der Waals surface area contributed by atoms with Gasteiger partial charge >= 0.3 is 0 Å². The molecule has 0 radical (unpaired) electrons. The molecule has 0 aliphatic rings. The lowest BCUT2D eigenvalue weighted by molar-refractivity contribution is 0.102. The average Bonchev–Trinajstić information content (AvgIpc) is 3.16. The van der Waals surface area contributed by atoms with Crippen LogP contribution in [0.5, 0.6) is 0 Å². The van der Waals surface area contributed by atoms with E-state index in [1.165, 1.54) is 11.1 Å². The number of amides is 1. The molecule has 5 nitrogen and oxygen atoms in total. The number of anilines is 1. The van der Waals surface area contributed by atoms with E-state index < -0.39 is 0 Å². The standard InChI is InChI=1S/C25H32N4O/c1-25(2,3)29-16-15-22(27-29)14-11-19-7-6-8-23(17-19)26-24(30)21-12-9-20(10-13-21)18-28(4)5/h6-10,12-13,15-17H,11,14,18H2,1-5H3,(H,26,30). The quantitative estimate of drug-likeness (QED) is 0.619. The zero-order valence-corrected chi connectivity index (χ0v) is 18.6. The molecule has 0 saturated carbocycles. The van der Waals surface area contributed by atoms with Gasteiger partial charge in [0.15, 0.2) is 0 Å². The van der Waals surface area contributed by atoms with Crippen LogP contribution in [-0.4, -0.2) is 34.7 Å². The summed E-state index contributed by atoms with van der Waals surface area (Å²) in [5.74, 6) is -0.0903. The van der Waals surface area contributed by atoms with Gasteiger partial charge in [-0.2, -0.15) is 5.10 Å². The normalized spacial score (nSPS) is 11.7. The van der Waals surface area contributed by atoms with Gasteiger partial charge < -0.3 is 10.2 Å². The molecule has 30 heavy (non-hydrogen) atoms. The maximum Gasteiger partial charge on any atom is 0.255 e. The van der Waals surface area contributed by atoms with Crippen molar-refractivity contribution in [3.05, 3.63) is 83.2 Å². The van der Waals surface area contributed by atoms with Crippen molar-refractivity contribution in [3.8, 4) is 0 Å². The molecule has 3 rings (SSSR count).